The lowest BCUT2D eigenvalue weighted by Crippen LogP contribution is -1.91. The second kappa shape index (κ2) is 5.27. The van der Waals surface area contributed by atoms with Gasteiger partial charge < -0.3 is 4.42 Å². The van der Waals surface area contributed by atoms with E-state index in [0.717, 1.165) is 5.76 Å². The molecule has 5 heteroatoms. The molecule has 92 valence electrons. The normalized spacial score (nSPS) is 12.7. The fourth-order valence-electron chi connectivity index (χ4n) is 1.52. The van der Waals surface area contributed by atoms with E-state index in [1.165, 1.54) is 12.1 Å². The lowest BCUT2D eigenvalue weighted by atomic mass is 10.2. The quantitative estimate of drug-likeness (QED) is 0.470. The van der Waals surface area contributed by atoms with Gasteiger partial charge in [0.2, 0.25) is 0 Å². The summed E-state index contributed by atoms with van der Waals surface area (Å²) in [6.07, 6.45) is 3.20. The number of furan rings is 1. The third kappa shape index (κ3) is 2.82. The Balaban J connectivity index is 2.14. The van der Waals surface area contributed by atoms with Crippen LogP contribution in [0.15, 0.2) is 52.1 Å². The van der Waals surface area contributed by atoms with E-state index < -0.39 is 4.92 Å². The van der Waals surface area contributed by atoms with Crippen molar-refractivity contribution in [2.75, 3.05) is 0 Å². The van der Waals surface area contributed by atoms with Gasteiger partial charge in [-0.2, -0.15) is 0 Å². The molecule has 0 aliphatic heterocycles. The molecular formula is C13H12N2O3. The van der Waals surface area contributed by atoms with E-state index in [0.29, 0.717) is 5.56 Å². The van der Waals surface area contributed by atoms with Crippen LogP contribution < -0.4 is 0 Å². The van der Waals surface area contributed by atoms with Gasteiger partial charge in [-0.15, -0.1) is 0 Å². The Labute approximate surface area is 104 Å². The number of aliphatic imine (C=N–C) groups is 1. The molecule has 0 aliphatic carbocycles. The van der Waals surface area contributed by atoms with Crippen LogP contribution in [0.25, 0.3) is 0 Å². The molecule has 5 nitrogen and oxygen atoms in total. The molecule has 0 fully saturated rings. The van der Waals surface area contributed by atoms with Crippen LogP contribution in [-0.4, -0.2) is 11.1 Å². The zero-order chi connectivity index (χ0) is 13.0. The van der Waals surface area contributed by atoms with Crippen molar-refractivity contribution in [1.29, 1.82) is 0 Å². The van der Waals surface area contributed by atoms with Crippen molar-refractivity contribution in [1.82, 2.24) is 0 Å². The fourth-order valence-corrected chi connectivity index (χ4v) is 1.52. The molecule has 0 radical (unpaired) electrons. The number of hydrogen-bond acceptors (Lipinski definition) is 4. The van der Waals surface area contributed by atoms with Gasteiger partial charge in [-0.3, -0.25) is 15.1 Å². The van der Waals surface area contributed by atoms with E-state index in [-0.39, 0.29) is 11.7 Å². The zero-order valence-corrected chi connectivity index (χ0v) is 9.82. The lowest BCUT2D eigenvalue weighted by Gasteiger charge is -2.01. The monoisotopic (exact) mass is 244 g/mol. The minimum atomic E-state index is -0.423. The predicted molar refractivity (Wildman–Crippen MR) is 67.8 cm³/mol. The first kappa shape index (κ1) is 12.0. The second-order valence-electron chi connectivity index (χ2n) is 3.82. The molecule has 1 aromatic carbocycles. The first-order valence-corrected chi connectivity index (χ1v) is 5.48. The van der Waals surface area contributed by atoms with Crippen LogP contribution in [0.4, 0.5) is 5.69 Å². The Hall–Kier alpha value is -2.43. The largest absolute Gasteiger partial charge is 0.467 e. The van der Waals surface area contributed by atoms with Crippen LogP contribution in [0.2, 0.25) is 0 Å². The van der Waals surface area contributed by atoms with E-state index in [4.69, 9.17) is 4.42 Å². The smallest absolute Gasteiger partial charge is 0.270 e. The summed E-state index contributed by atoms with van der Waals surface area (Å²) in [5, 5.41) is 10.6. The third-order valence-electron chi connectivity index (χ3n) is 2.48. The standard InChI is InChI=1S/C13H12N2O3/c1-10(13-6-3-7-18-13)14-9-11-4-2-5-12(8-11)15(16)17/h2-10H,1H3/t10-/m0/s1. The Morgan fingerprint density at radius 1 is 1.39 bits per heavy atom. The van der Waals surface area contributed by atoms with E-state index in [9.17, 15) is 10.1 Å². The van der Waals surface area contributed by atoms with Gasteiger partial charge in [0, 0.05) is 18.3 Å². The summed E-state index contributed by atoms with van der Waals surface area (Å²) < 4.78 is 5.22. The van der Waals surface area contributed by atoms with Crippen molar-refractivity contribution >= 4 is 11.9 Å². The van der Waals surface area contributed by atoms with Gasteiger partial charge in [-0.1, -0.05) is 12.1 Å². The van der Waals surface area contributed by atoms with Crippen LogP contribution in [0.1, 0.15) is 24.3 Å². The van der Waals surface area contributed by atoms with Crippen molar-refractivity contribution in [2.45, 2.75) is 13.0 Å². The molecule has 2 aromatic rings. The van der Waals surface area contributed by atoms with Crippen LogP contribution >= 0.6 is 0 Å². The highest BCUT2D eigenvalue weighted by Crippen LogP contribution is 2.17. The minimum absolute atomic E-state index is 0.0598. The number of nitro groups is 1. The van der Waals surface area contributed by atoms with Gasteiger partial charge >= 0.3 is 0 Å². The molecule has 0 saturated heterocycles. The highest BCUT2D eigenvalue weighted by molar-refractivity contribution is 5.80. The van der Waals surface area contributed by atoms with E-state index in [1.54, 1.807) is 30.7 Å². The molecule has 18 heavy (non-hydrogen) atoms. The SMILES string of the molecule is C[C@H](N=Cc1cccc([N+](=O)[O-])c1)c1ccco1. The average molecular weight is 244 g/mol. The van der Waals surface area contributed by atoms with Gasteiger partial charge in [0.25, 0.3) is 5.69 Å². The summed E-state index contributed by atoms with van der Waals surface area (Å²) in [7, 11) is 0. The minimum Gasteiger partial charge on any atom is -0.467 e. The van der Waals surface area contributed by atoms with E-state index in [1.807, 2.05) is 13.0 Å². The molecule has 0 N–H and O–H groups in total. The molecule has 0 amide bonds. The van der Waals surface area contributed by atoms with Gasteiger partial charge in [0.15, 0.2) is 0 Å². The highest BCUT2D eigenvalue weighted by Gasteiger charge is 2.06. The predicted octanol–water partition coefficient (Wildman–Crippen LogP) is 3.37. The fraction of sp³-hybridized carbons (Fsp3) is 0.154. The lowest BCUT2D eigenvalue weighted by molar-refractivity contribution is -0.384. The van der Waals surface area contributed by atoms with Crippen molar-refractivity contribution in [2.24, 2.45) is 4.99 Å². The zero-order valence-electron chi connectivity index (χ0n) is 9.82. The van der Waals surface area contributed by atoms with Gasteiger partial charge in [0.1, 0.15) is 11.8 Å². The molecule has 1 heterocycles. The van der Waals surface area contributed by atoms with Crippen LogP contribution in [0, 0.1) is 10.1 Å². The molecule has 1 aromatic heterocycles. The number of hydrogen-bond donors (Lipinski definition) is 0. The Bertz CT molecular complexity index is 561. The van der Waals surface area contributed by atoms with Gasteiger partial charge in [0.05, 0.1) is 11.2 Å². The topological polar surface area (TPSA) is 68.6 Å². The van der Waals surface area contributed by atoms with Gasteiger partial charge in [-0.25, -0.2) is 0 Å². The van der Waals surface area contributed by atoms with Crippen LogP contribution in [-0.2, 0) is 0 Å². The molecule has 0 bridgehead atoms. The van der Waals surface area contributed by atoms with Crippen molar-refractivity contribution < 1.29 is 9.34 Å². The first-order chi connectivity index (χ1) is 8.66. The number of rotatable bonds is 4. The first-order valence-electron chi connectivity index (χ1n) is 5.48. The maximum absolute atomic E-state index is 10.6. The Kier molecular flexibility index (Phi) is 3.52. The molecule has 0 aliphatic rings. The summed E-state index contributed by atoms with van der Waals surface area (Å²) in [6.45, 7) is 1.90. The number of nitro benzene ring substituents is 1. The molecule has 2 rings (SSSR count). The van der Waals surface area contributed by atoms with E-state index >= 15 is 0 Å². The molecule has 0 saturated carbocycles. The number of non-ortho nitro benzene ring substituents is 1. The number of benzene rings is 1. The van der Waals surface area contributed by atoms with Crippen LogP contribution in [0.3, 0.4) is 0 Å². The molecule has 0 spiro atoms. The Morgan fingerprint density at radius 3 is 2.89 bits per heavy atom. The summed E-state index contributed by atoms with van der Waals surface area (Å²) in [5.74, 6) is 0.761. The second-order valence-corrected chi connectivity index (χ2v) is 3.82. The highest BCUT2D eigenvalue weighted by atomic mass is 16.6. The third-order valence-corrected chi connectivity index (χ3v) is 2.48. The van der Waals surface area contributed by atoms with Gasteiger partial charge in [-0.05, 0) is 24.6 Å². The molecular weight excluding hydrogens is 232 g/mol. The van der Waals surface area contributed by atoms with Crippen molar-refractivity contribution in [3.05, 3.63) is 64.1 Å². The maximum atomic E-state index is 10.6. The van der Waals surface area contributed by atoms with Crippen LogP contribution in [0.5, 0.6) is 0 Å². The summed E-state index contributed by atoms with van der Waals surface area (Å²) in [5.41, 5.74) is 0.757. The summed E-state index contributed by atoms with van der Waals surface area (Å²) >= 11 is 0. The maximum Gasteiger partial charge on any atom is 0.270 e. The molecule has 1 atom stereocenters. The summed E-state index contributed by atoms with van der Waals surface area (Å²) in [6, 6.07) is 9.87. The molecule has 0 unspecified atom stereocenters. The van der Waals surface area contributed by atoms with E-state index in [2.05, 4.69) is 4.99 Å². The van der Waals surface area contributed by atoms with Crippen molar-refractivity contribution in [3.8, 4) is 0 Å². The Morgan fingerprint density at radius 2 is 2.22 bits per heavy atom. The number of nitrogens with zero attached hydrogens (tertiary/aromatic N) is 2. The van der Waals surface area contributed by atoms with Crippen molar-refractivity contribution in [3.63, 3.8) is 0 Å². The average Bonchev–Trinajstić information content (AvgIpc) is 2.90. The summed E-state index contributed by atoms with van der Waals surface area (Å²) in [4.78, 5) is 14.5.